The topological polar surface area (TPSA) is 113 Å². The van der Waals surface area contributed by atoms with Crippen molar-refractivity contribution in [3.05, 3.63) is 53.8 Å². The first-order valence-corrected chi connectivity index (χ1v) is 12.5. The van der Waals surface area contributed by atoms with Crippen molar-refractivity contribution in [2.45, 2.75) is 13.0 Å². The Morgan fingerprint density at radius 3 is 2.72 bits per heavy atom. The third-order valence-corrected chi connectivity index (χ3v) is 7.23. The third kappa shape index (κ3) is 4.83. The minimum absolute atomic E-state index is 0.0828. The molecule has 9 nitrogen and oxygen atoms in total. The Bertz CT molecular complexity index is 1220. The molecule has 32 heavy (non-hydrogen) atoms. The van der Waals surface area contributed by atoms with Crippen LogP contribution in [0.1, 0.15) is 12.2 Å². The molecule has 0 spiro atoms. The van der Waals surface area contributed by atoms with Gasteiger partial charge in [-0.15, -0.1) is 11.3 Å². The van der Waals surface area contributed by atoms with Crippen molar-refractivity contribution in [3.63, 3.8) is 0 Å². The molecule has 0 unspecified atom stereocenters. The number of benzene rings is 1. The molecule has 2 amide bonds. The highest BCUT2D eigenvalue weighted by Gasteiger charge is 2.35. The van der Waals surface area contributed by atoms with Gasteiger partial charge in [0.05, 0.1) is 36.4 Å². The van der Waals surface area contributed by atoms with Crippen LogP contribution in [0.15, 0.2) is 52.5 Å². The van der Waals surface area contributed by atoms with Crippen LogP contribution in [0, 0.1) is 5.92 Å². The highest BCUT2D eigenvalue weighted by molar-refractivity contribution is 7.92. The van der Waals surface area contributed by atoms with Crippen molar-refractivity contribution in [2.75, 3.05) is 29.5 Å². The zero-order chi connectivity index (χ0) is 22.9. The fraction of sp³-hybridized carbons (Fsp3) is 0.286. The molecule has 1 saturated heterocycles. The zero-order valence-corrected chi connectivity index (χ0v) is 19.1. The van der Waals surface area contributed by atoms with E-state index in [1.807, 2.05) is 5.38 Å². The smallest absolute Gasteiger partial charge is 0.231 e. The lowest BCUT2D eigenvalue weighted by Crippen LogP contribution is -2.27. The quantitative estimate of drug-likeness (QED) is 0.563. The van der Waals surface area contributed by atoms with Gasteiger partial charge in [0.15, 0.2) is 5.13 Å². The molecule has 3 aromatic rings. The molecule has 0 bridgehead atoms. The van der Waals surface area contributed by atoms with Gasteiger partial charge in [-0.3, -0.25) is 13.9 Å². The van der Waals surface area contributed by atoms with Crippen LogP contribution in [0.2, 0.25) is 0 Å². The van der Waals surface area contributed by atoms with Crippen LogP contribution in [0.5, 0.6) is 0 Å². The van der Waals surface area contributed by atoms with Gasteiger partial charge in [0.2, 0.25) is 21.8 Å². The third-order valence-electron chi connectivity index (χ3n) is 5.27. The lowest BCUT2D eigenvalue weighted by Gasteiger charge is -2.16. The molecule has 1 aliphatic rings. The maximum Gasteiger partial charge on any atom is 0.231 e. The number of hydrogen-bond donors (Lipinski definition) is 1. The molecular weight excluding hydrogens is 452 g/mol. The van der Waals surface area contributed by atoms with Gasteiger partial charge in [-0.2, -0.15) is 0 Å². The molecule has 0 saturated carbocycles. The van der Waals surface area contributed by atoms with Gasteiger partial charge < -0.3 is 14.6 Å². The fourth-order valence-electron chi connectivity index (χ4n) is 3.40. The highest BCUT2D eigenvalue weighted by Crippen LogP contribution is 2.28. The molecule has 1 aliphatic heterocycles. The average molecular weight is 475 g/mol. The number of aromatic nitrogens is 1. The first kappa shape index (κ1) is 22.0. The van der Waals surface area contributed by atoms with Gasteiger partial charge in [-0.1, -0.05) is 12.1 Å². The van der Waals surface area contributed by atoms with Gasteiger partial charge in [0, 0.05) is 31.0 Å². The Morgan fingerprint density at radius 2 is 2.06 bits per heavy atom. The SMILES string of the molecule is CN(c1ccc(-c2csc(NC(=O)[C@H]3CC(=O)N(Cc4ccco4)C3)n2)cc1)S(C)(=O)=O. The van der Waals surface area contributed by atoms with Crippen LogP contribution in [0.3, 0.4) is 0 Å². The minimum Gasteiger partial charge on any atom is -0.467 e. The van der Waals surface area contributed by atoms with Gasteiger partial charge >= 0.3 is 0 Å². The number of nitrogens with zero attached hydrogens (tertiary/aromatic N) is 3. The molecule has 1 atom stereocenters. The van der Waals surface area contributed by atoms with E-state index < -0.39 is 15.9 Å². The Hall–Kier alpha value is -3.18. The molecule has 2 aromatic heterocycles. The van der Waals surface area contributed by atoms with Crippen molar-refractivity contribution in [2.24, 2.45) is 5.92 Å². The van der Waals surface area contributed by atoms with Crippen molar-refractivity contribution >= 4 is 44.0 Å². The van der Waals surface area contributed by atoms with E-state index in [-0.39, 0.29) is 18.2 Å². The summed E-state index contributed by atoms with van der Waals surface area (Å²) in [5, 5.41) is 5.06. The van der Waals surface area contributed by atoms with Crippen LogP contribution in [-0.2, 0) is 26.2 Å². The summed E-state index contributed by atoms with van der Waals surface area (Å²) in [5.41, 5.74) is 2.01. The van der Waals surface area contributed by atoms with E-state index in [4.69, 9.17) is 4.42 Å². The Balaban J connectivity index is 1.38. The number of thiazole rings is 1. The van der Waals surface area contributed by atoms with E-state index in [1.54, 1.807) is 47.6 Å². The molecule has 0 aliphatic carbocycles. The number of rotatable bonds is 7. The molecule has 1 aromatic carbocycles. The molecule has 1 N–H and O–H groups in total. The summed E-state index contributed by atoms with van der Waals surface area (Å²) in [6, 6.07) is 10.5. The number of sulfonamides is 1. The van der Waals surface area contributed by atoms with E-state index in [1.165, 1.54) is 22.7 Å². The normalized spacial score (nSPS) is 16.4. The van der Waals surface area contributed by atoms with Crippen molar-refractivity contribution in [1.29, 1.82) is 0 Å². The molecule has 3 heterocycles. The summed E-state index contributed by atoms with van der Waals surface area (Å²) in [6.45, 7) is 0.681. The largest absolute Gasteiger partial charge is 0.467 e. The van der Waals surface area contributed by atoms with E-state index in [9.17, 15) is 18.0 Å². The number of carbonyl (C=O) groups excluding carboxylic acids is 2. The summed E-state index contributed by atoms with van der Waals surface area (Å²) < 4.78 is 29.8. The lowest BCUT2D eigenvalue weighted by atomic mass is 10.1. The average Bonchev–Trinajstić information content (AvgIpc) is 3.50. The van der Waals surface area contributed by atoms with Crippen LogP contribution in [0.25, 0.3) is 11.3 Å². The predicted octanol–water partition coefficient (Wildman–Crippen LogP) is 2.79. The first-order valence-electron chi connectivity index (χ1n) is 9.81. The van der Waals surface area contributed by atoms with E-state index in [0.29, 0.717) is 35.4 Å². The number of hydrogen-bond acceptors (Lipinski definition) is 7. The Kier molecular flexibility index (Phi) is 6.02. The summed E-state index contributed by atoms with van der Waals surface area (Å²) in [7, 11) is -1.84. The van der Waals surface area contributed by atoms with E-state index in [2.05, 4.69) is 10.3 Å². The molecule has 168 valence electrons. The second kappa shape index (κ2) is 8.75. The maximum atomic E-state index is 12.7. The fourth-order valence-corrected chi connectivity index (χ4v) is 4.62. The number of nitrogens with one attached hydrogen (secondary N) is 1. The van der Waals surface area contributed by atoms with Gasteiger partial charge in [-0.25, -0.2) is 13.4 Å². The van der Waals surface area contributed by atoms with Gasteiger partial charge in [0.1, 0.15) is 5.76 Å². The second-order valence-corrected chi connectivity index (χ2v) is 10.4. The molecule has 0 radical (unpaired) electrons. The van der Waals surface area contributed by atoms with Gasteiger partial charge in [-0.05, 0) is 24.3 Å². The number of amides is 2. The highest BCUT2D eigenvalue weighted by atomic mass is 32.2. The monoisotopic (exact) mass is 474 g/mol. The molecule has 1 fully saturated rings. The lowest BCUT2D eigenvalue weighted by molar-refractivity contribution is -0.128. The van der Waals surface area contributed by atoms with E-state index >= 15 is 0 Å². The van der Waals surface area contributed by atoms with Crippen LogP contribution < -0.4 is 9.62 Å². The van der Waals surface area contributed by atoms with Crippen molar-refractivity contribution in [1.82, 2.24) is 9.88 Å². The number of likely N-dealkylation sites (tertiary alicyclic amines) is 1. The Labute approximate surface area is 189 Å². The Morgan fingerprint density at radius 1 is 1.31 bits per heavy atom. The van der Waals surface area contributed by atoms with E-state index in [0.717, 1.165) is 11.8 Å². The summed E-state index contributed by atoms with van der Waals surface area (Å²) in [5.74, 6) is -0.0970. The number of anilines is 2. The summed E-state index contributed by atoms with van der Waals surface area (Å²) in [6.07, 6.45) is 2.85. The second-order valence-electron chi connectivity index (χ2n) is 7.56. The maximum absolute atomic E-state index is 12.7. The van der Waals surface area contributed by atoms with Gasteiger partial charge in [0.25, 0.3) is 0 Å². The first-order chi connectivity index (χ1) is 15.2. The number of carbonyl (C=O) groups is 2. The predicted molar refractivity (Wildman–Crippen MR) is 122 cm³/mol. The van der Waals surface area contributed by atoms with Crippen molar-refractivity contribution in [3.8, 4) is 11.3 Å². The molecule has 11 heteroatoms. The zero-order valence-electron chi connectivity index (χ0n) is 17.5. The van der Waals surface area contributed by atoms with Crippen LogP contribution >= 0.6 is 11.3 Å². The van der Waals surface area contributed by atoms with Crippen LogP contribution in [0.4, 0.5) is 10.8 Å². The molecule has 4 rings (SSSR count). The van der Waals surface area contributed by atoms with Crippen molar-refractivity contribution < 1.29 is 22.4 Å². The summed E-state index contributed by atoms with van der Waals surface area (Å²) in [4.78, 5) is 31.0. The molecular formula is C21H22N4O5S2. The standard InChI is InChI=1S/C21H22N4O5S2/c1-24(32(2,28)29)16-7-5-14(6-8-16)18-13-31-21(22-18)23-20(27)15-10-19(26)25(11-15)12-17-4-3-9-30-17/h3-9,13,15H,10-12H2,1-2H3,(H,22,23,27)/t15-/m0/s1. The summed E-state index contributed by atoms with van der Waals surface area (Å²) >= 11 is 1.29. The van der Waals surface area contributed by atoms with Crippen LogP contribution in [-0.4, -0.2) is 50.0 Å². The minimum atomic E-state index is -3.33. The number of furan rings is 1.